The maximum atomic E-state index is 11.7. The SMILES string of the molecule is CCc1sc2cc3c(=O)c(=O)c3c(OCC(=O)O)c2c1N. The molecule has 0 amide bonds. The fourth-order valence-electron chi connectivity index (χ4n) is 2.42. The molecule has 0 unspecified atom stereocenters. The Hall–Kier alpha value is -2.41. The lowest BCUT2D eigenvalue weighted by molar-refractivity contribution is -0.139. The highest BCUT2D eigenvalue weighted by atomic mass is 32.1. The van der Waals surface area contributed by atoms with Crippen LogP contribution in [0.25, 0.3) is 20.9 Å². The highest BCUT2D eigenvalue weighted by Gasteiger charge is 2.24. The number of thiophene rings is 1. The summed E-state index contributed by atoms with van der Waals surface area (Å²) < 4.78 is 5.98. The smallest absolute Gasteiger partial charge is 0.341 e. The zero-order chi connectivity index (χ0) is 15.3. The van der Waals surface area contributed by atoms with E-state index in [2.05, 4.69) is 0 Å². The molecule has 0 fully saturated rings. The van der Waals surface area contributed by atoms with E-state index in [0.717, 1.165) is 9.58 Å². The molecular weight excluding hydrogens is 294 g/mol. The first kappa shape index (κ1) is 13.6. The number of hydrogen-bond acceptors (Lipinski definition) is 6. The van der Waals surface area contributed by atoms with E-state index in [1.807, 2.05) is 6.92 Å². The van der Waals surface area contributed by atoms with Crippen LogP contribution in [0.3, 0.4) is 0 Å². The van der Waals surface area contributed by atoms with Gasteiger partial charge in [-0.25, -0.2) is 4.79 Å². The van der Waals surface area contributed by atoms with Crippen molar-refractivity contribution in [1.29, 1.82) is 0 Å². The Balaban J connectivity index is 2.37. The Bertz CT molecular complexity index is 962. The number of aliphatic carboxylic acids is 1. The molecule has 3 aromatic rings. The molecule has 3 N–H and O–H groups in total. The number of nitrogens with two attached hydrogens (primary N) is 1. The summed E-state index contributed by atoms with van der Waals surface area (Å²) in [6.07, 6.45) is 0.704. The van der Waals surface area contributed by atoms with Crippen LogP contribution in [0.5, 0.6) is 5.75 Å². The molecule has 0 spiro atoms. The average molecular weight is 305 g/mol. The fourth-order valence-corrected chi connectivity index (χ4v) is 3.52. The van der Waals surface area contributed by atoms with Gasteiger partial charge in [0.2, 0.25) is 10.9 Å². The maximum absolute atomic E-state index is 11.7. The first-order chi connectivity index (χ1) is 9.95. The van der Waals surface area contributed by atoms with E-state index in [-0.39, 0.29) is 16.5 Å². The number of nitrogen functional groups attached to an aromatic ring is 1. The first-order valence-corrected chi connectivity index (χ1v) is 7.08. The average Bonchev–Trinajstić information content (AvgIpc) is 2.79. The zero-order valence-electron chi connectivity index (χ0n) is 11.1. The van der Waals surface area contributed by atoms with Gasteiger partial charge in [-0.3, -0.25) is 9.59 Å². The number of anilines is 1. The highest BCUT2D eigenvalue weighted by Crippen LogP contribution is 2.43. The molecule has 0 saturated carbocycles. The lowest BCUT2D eigenvalue weighted by Crippen LogP contribution is -2.31. The van der Waals surface area contributed by atoms with Crippen molar-refractivity contribution in [2.45, 2.75) is 13.3 Å². The Kier molecular flexibility index (Phi) is 2.94. The standard InChI is InChI=1S/C14H11NO5S/c1-2-6-11(15)10-7(21-6)3-5-9(13(19)12(5)18)14(10)20-4-8(16)17/h3H,2,4,15H2,1H3,(H,16,17). The van der Waals surface area contributed by atoms with Crippen LogP contribution in [-0.2, 0) is 11.2 Å². The van der Waals surface area contributed by atoms with E-state index in [0.29, 0.717) is 17.5 Å². The quantitative estimate of drug-likeness (QED) is 0.703. The number of fused-ring (bicyclic) bond motifs is 2. The van der Waals surface area contributed by atoms with Gasteiger partial charge in [0.25, 0.3) is 0 Å². The first-order valence-electron chi connectivity index (χ1n) is 6.27. The van der Waals surface area contributed by atoms with Crippen LogP contribution >= 0.6 is 11.3 Å². The number of aryl methyl sites for hydroxylation is 1. The summed E-state index contributed by atoms with van der Waals surface area (Å²) in [6, 6.07) is 1.63. The predicted molar refractivity (Wildman–Crippen MR) is 81.2 cm³/mol. The monoisotopic (exact) mass is 305 g/mol. The van der Waals surface area contributed by atoms with Crippen molar-refractivity contribution < 1.29 is 14.6 Å². The molecule has 0 aliphatic heterocycles. The van der Waals surface area contributed by atoms with Crippen LogP contribution in [0.4, 0.5) is 5.69 Å². The van der Waals surface area contributed by atoms with Gasteiger partial charge in [0.15, 0.2) is 6.61 Å². The summed E-state index contributed by atoms with van der Waals surface area (Å²) in [6.45, 7) is 1.35. The molecule has 0 radical (unpaired) electrons. The van der Waals surface area contributed by atoms with Gasteiger partial charge < -0.3 is 15.6 Å². The zero-order valence-corrected chi connectivity index (χ0v) is 11.9. The second kappa shape index (κ2) is 4.56. The second-order valence-corrected chi connectivity index (χ2v) is 5.77. The van der Waals surface area contributed by atoms with Crippen molar-refractivity contribution in [3.8, 4) is 5.75 Å². The Morgan fingerprint density at radius 2 is 2.05 bits per heavy atom. The third-order valence-electron chi connectivity index (χ3n) is 3.39. The topological polar surface area (TPSA) is 107 Å². The molecule has 0 bridgehead atoms. The lowest BCUT2D eigenvalue weighted by Gasteiger charge is -2.11. The van der Waals surface area contributed by atoms with Crippen LogP contribution in [0.15, 0.2) is 15.7 Å². The molecule has 1 aromatic heterocycles. The maximum Gasteiger partial charge on any atom is 0.341 e. The fraction of sp³-hybridized carbons (Fsp3) is 0.214. The Morgan fingerprint density at radius 1 is 1.33 bits per heavy atom. The summed E-state index contributed by atoms with van der Waals surface area (Å²) in [5.74, 6) is -1.05. The predicted octanol–water partition coefficient (Wildman–Crippen LogP) is 1.26. The van der Waals surface area contributed by atoms with Gasteiger partial charge in [0.05, 0.1) is 16.5 Å². The molecule has 21 heavy (non-hydrogen) atoms. The summed E-state index contributed by atoms with van der Waals surface area (Å²) in [4.78, 5) is 35.0. The number of benzene rings is 1. The van der Waals surface area contributed by atoms with Gasteiger partial charge in [-0.15, -0.1) is 11.3 Å². The van der Waals surface area contributed by atoms with E-state index >= 15 is 0 Å². The lowest BCUT2D eigenvalue weighted by atomic mass is 10.0. The molecule has 1 heterocycles. The summed E-state index contributed by atoms with van der Waals surface area (Å²) in [7, 11) is 0. The molecule has 108 valence electrons. The molecule has 6 nitrogen and oxygen atoms in total. The number of ether oxygens (including phenoxy) is 1. The molecule has 0 atom stereocenters. The van der Waals surface area contributed by atoms with Crippen molar-refractivity contribution >= 4 is 43.9 Å². The van der Waals surface area contributed by atoms with Gasteiger partial charge in [-0.2, -0.15) is 0 Å². The summed E-state index contributed by atoms with van der Waals surface area (Å²) in [5, 5.41) is 9.70. The van der Waals surface area contributed by atoms with Gasteiger partial charge in [-0.05, 0) is 12.5 Å². The molecule has 2 aromatic carbocycles. The summed E-state index contributed by atoms with van der Waals surface area (Å²) >= 11 is 1.42. The van der Waals surface area contributed by atoms with Gasteiger partial charge >= 0.3 is 5.97 Å². The molecule has 7 heteroatoms. The minimum atomic E-state index is -1.16. The van der Waals surface area contributed by atoms with E-state index in [4.69, 9.17) is 15.6 Å². The molecule has 0 aliphatic carbocycles. The Labute approximate surface area is 122 Å². The van der Waals surface area contributed by atoms with Crippen molar-refractivity contribution in [3.05, 3.63) is 31.4 Å². The number of hydrogen-bond donors (Lipinski definition) is 2. The van der Waals surface area contributed by atoms with Crippen molar-refractivity contribution in [1.82, 2.24) is 0 Å². The number of carbonyl (C=O) groups is 1. The highest BCUT2D eigenvalue weighted by molar-refractivity contribution is 7.20. The van der Waals surface area contributed by atoms with Crippen molar-refractivity contribution in [3.63, 3.8) is 0 Å². The summed E-state index contributed by atoms with van der Waals surface area (Å²) in [5.41, 5.74) is 5.32. The van der Waals surface area contributed by atoms with Crippen molar-refractivity contribution in [2.24, 2.45) is 0 Å². The largest absolute Gasteiger partial charge is 0.480 e. The normalized spacial score (nSPS) is 11.5. The number of carboxylic acid groups (broad SMARTS) is 1. The Morgan fingerprint density at radius 3 is 2.67 bits per heavy atom. The third-order valence-corrected chi connectivity index (χ3v) is 4.68. The van der Waals surface area contributed by atoms with Crippen molar-refractivity contribution in [2.75, 3.05) is 12.3 Å². The van der Waals surface area contributed by atoms with E-state index in [9.17, 15) is 14.4 Å². The third kappa shape index (κ3) is 1.81. The van der Waals surface area contributed by atoms with E-state index < -0.39 is 23.4 Å². The van der Waals surface area contributed by atoms with Crippen LogP contribution in [-0.4, -0.2) is 17.7 Å². The molecule has 0 saturated heterocycles. The second-order valence-electron chi connectivity index (χ2n) is 4.63. The minimum Gasteiger partial charge on any atom is -0.480 e. The van der Waals surface area contributed by atoms with Crippen LogP contribution in [0.2, 0.25) is 0 Å². The van der Waals surface area contributed by atoms with Crippen LogP contribution < -0.4 is 21.3 Å². The minimum absolute atomic E-state index is 0.114. The van der Waals surface area contributed by atoms with E-state index in [1.54, 1.807) is 6.07 Å². The molecular formula is C14H11NO5S. The molecule has 3 rings (SSSR count). The van der Waals surface area contributed by atoms with E-state index in [1.165, 1.54) is 11.3 Å². The van der Waals surface area contributed by atoms with Gasteiger partial charge in [0, 0.05) is 15.0 Å². The number of carboxylic acids is 1. The van der Waals surface area contributed by atoms with Crippen LogP contribution in [0.1, 0.15) is 11.8 Å². The molecule has 0 aliphatic rings. The van der Waals surface area contributed by atoms with Gasteiger partial charge in [0.1, 0.15) is 5.75 Å². The number of rotatable bonds is 4. The van der Waals surface area contributed by atoms with Gasteiger partial charge in [-0.1, -0.05) is 6.92 Å². The van der Waals surface area contributed by atoms with Crippen LogP contribution in [0, 0.1) is 0 Å².